The fourth-order valence-electron chi connectivity index (χ4n) is 0. The van der Waals surface area contributed by atoms with Crippen molar-refractivity contribution in [1.29, 1.82) is 0 Å². The van der Waals surface area contributed by atoms with Gasteiger partial charge in [0, 0.05) is 0 Å². The third-order valence-corrected chi connectivity index (χ3v) is 0. The van der Waals surface area contributed by atoms with Crippen LogP contribution in [0.1, 0.15) is 20.8 Å². The summed E-state index contributed by atoms with van der Waals surface area (Å²) in [6.45, 7) is 6.50. The van der Waals surface area contributed by atoms with Crippen LogP contribution >= 0.6 is 36.7 Å². The molecule has 0 aliphatic rings. The molecule has 0 rings (SSSR count). The molecule has 0 unspecified atom stereocenters. The predicted octanol–water partition coefficient (Wildman–Crippen LogP) is 4.20. The Hall–Kier alpha value is 2.32. The van der Waals surface area contributed by atoms with Crippen molar-refractivity contribution in [3.63, 3.8) is 0 Å². The second-order valence-corrected chi connectivity index (χ2v) is 36.0. The van der Waals surface area contributed by atoms with Crippen molar-refractivity contribution in [1.82, 2.24) is 0 Å². The van der Waals surface area contributed by atoms with Crippen molar-refractivity contribution >= 4 is 36.7 Å². The summed E-state index contributed by atoms with van der Waals surface area (Å²) < 4.78 is 0. The maximum absolute atomic E-state index is 3.30. The molecular formula is C4H10Br3Zr. The molecule has 0 saturated heterocycles. The molecule has 0 aromatic carbocycles. The first kappa shape index (κ1) is 13.0. The number of hydrogen-bond acceptors (Lipinski definition) is 0. The van der Waals surface area contributed by atoms with Crippen LogP contribution in [0.2, 0.25) is 0 Å². The van der Waals surface area contributed by atoms with E-state index in [0.717, 1.165) is 5.92 Å². The second kappa shape index (κ2) is 9.32. The normalized spacial score (nSPS) is 7.88. The first-order valence-corrected chi connectivity index (χ1v) is 19.2. The summed E-state index contributed by atoms with van der Waals surface area (Å²) in [5.74, 6) is 0.833. The van der Waals surface area contributed by atoms with E-state index in [-0.39, 0.29) is 0 Å². The molecule has 0 N–H and O–H groups in total. The van der Waals surface area contributed by atoms with Gasteiger partial charge in [-0.05, 0) is 5.92 Å². The van der Waals surface area contributed by atoms with E-state index in [9.17, 15) is 0 Å². The van der Waals surface area contributed by atoms with E-state index in [1.165, 1.54) is 0 Å². The van der Waals surface area contributed by atoms with Crippen molar-refractivity contribution in [2.24, 2.45) is 5.92 Å². The Bertz CT molecular complexity index is 26.8. The second-order valence-electron chi connectivity index (χ2n) is 1.95. The fraction of sp³-hybridized carbons (Fsp3) is 1.00. The van der Waals surface area contributed by atoms with Crippen molar-refractivity contribution in [3.8, 4) is 0 Å². The van der Waals surface area contributed by atoms with Gasteiger partial charge in [-0.15, -0.1) is 0 Å². The van der Waals surface area contributed by atoms with Crippen LogP contribution in [0.15, 0.2) is 0 Å². The van der Waals surface area contributed by atoms with Gasteiger partial charge in [0.2, 0.25) is 0 Å². The third-order valence-electron chi connectivity index (χ3n) is 0. The summed E-state index contributed by atoms with van der Waals surface area (Å²) in [7, 11) is 0. The van der Waals surface area contributed by atoms with Crippen LogP contribution in [-0.2, 0) is 14.7 Å². The molecule has 0 aliphatic carbocycles. The van der Waals surface area contributed by atoms with Crippen molar-refractivity contribution < 1.29 is 14.7 Å². The zero-order chi connectivity index (χ0) is 7.15. The summed E-state index contributed by atoms with van der Waals surface area (Å²) in [5.41, 5.74) is 0. The summed E-state index contributed by atoms with van der Waals surface area (Å²) in [6.07, 6.45) is 0. The van der Waals surface area contributed by atoms with Gasteiger partial charge in [-0.2, -0.15) is 0 Å². The van der Waals surface area contributed by atoms with E-state index in [1.807, 2.05) is 0 Å². The van der Waals surface area contributed by atoms with Crippen LogP contribution in [0.25, 0.3) is 0 Å². The molecule has 0 spiro atoms. The Morgan fingerprint density at radius 1 is 1.00 bits per heavy atom. The van der Waals surface area contributed by atoms with E-state index in [1.54, 1.807) is 0 Å². The Morgan fingerprint density at radius 3 is 1.00 bits per heavy atom. The van der Waals surface area contributed by atoms with Crippen LogP contribution in [-0.4, -0.2) is 0 Å². The molecule has 0 amide bonds. The topological polar surface area (TPSA) is 0 Å². The van der Waals surface area contributed by atoms with Crippen molar-refractivity contribution in [2.75, 3.05) is 0 Å². The minimum atomic E-state index is -1.11. The number of halogens is 3. The molecule has 0 aromatic heterocycles. The van der Waals surface area contributed by atoms with Crippen molar-refractivity contribution in [3.05, 3.63) is 0 Å². The third kappa shape index (κ3) is 82.7. The molecule has 0 nitrogen and oxygen atoms in total. The SMILES string of the molecule is CC(C)C.[Br][Zr]([Br])[Br]. The van der Waals surface area contributed by atoms with E-state index < -0.39 is 14.7 Å². The molecule has 0 aromatic rings. The molecule has 4 heteroatoms. The van der Waals surface area contributed by atoms with E-state index >= 15 is 0 Å². The molecule has 0 saturated carbocycles. The van der Waals surface area contributed by atoms with Gasteiger partial charge in [-0.1, -0.05) is 20.8 Å². The Morgan fingerprint density at radius 2 is 1.00 bits per heavy atom. The molecule has 0 radical (unpaired) electrons. The first-order chi connectivity index (χ1) is 3.46. The molecule has 0 aliphatic heterocycles. The fourth-order valence-corrected chi connectivity index (χ4v) is 0. The number of rotatable bonds is 0. The molecule has 51 valence electrons. The van der Waals surface area contributed by atoms with Gasteiger partial charge in [0.25, 0.3) is 0 Å². The van der Waals surface area contributed by atoms with Gasteiger partial charge in [0.1, 0.15) is 0 Å². The quantitative estimate of drug-likeness (QED) is 0.583. The van der Waals surface area contributed by atoms with Crippen LogP contribution in [0.3, 0.4) is 0 Å². The standard InChI is InChI=1S/C4H10.3BrH.Zr/c1-4(2)3;;;;/h4H,1-3H3;3*1H;/q;;;;+3/p-3. The van der Waals surface area contributed by atoms with E-state index in [2.05, 4.69) is 57.4 Å². The Kier molecular flexibility index (Phi) is 15.1. The first-order valence-electron chi connectivity index (χ1n) is 2.30. The average Bonchev–Trinajstić information content (AvgIpc) is 1.25. The van der Waals surface area contributed by atoms with Gasteiger partial charge in [-0.25, -0.2) is 0 Å². The molecule has 0 heterocycles. The summed E-state index contributed by atoms with van der Waals surface area (Å²) in [5, 5.41) is 0. The van der Waals surface area contributed by atoms with Gasteiger partial charge in [-0.3, -0.25) is 0 Å². The van der Waals surface area contributed by atoms with Crippen LogP contribution in [0.4, 0.5) is 0 Å². The maximum atomic E-state index is 3.30. The van der Waals surface area contributed by atoms with Crippen LogP contribution in [0.5, 0.6) is 0 Å². The van der Waals surface area contributed by atoms with E-state index in [4.69, 9.17) is 0 Å². The zero-order valence-corrected chi connectivity index (χ0v) is 12.4. The Balaban J connectivity index is 0. The molecule has 0 fully saturated rings. The molecular weight excluding hydrogens is 379 g/mol. The van der Waals surface area contributed by atoms with Gasteiger partial charge < -0.3 is 0 Å². The van der Waals surface area contributed by atoms with Crippen molar-refractivity contribution in [2.45, 2.75) is 20.8 Å². The predicted molar refractivity (Wildman–Crippen MR) is 47.3 cm³/mol. The molecule has 8 heavy (non-hydrogen) atoms. The van der Waals surface area contributed by atoms with Gasteiger partial charge in [0.15, 0.2) is 0 Å². The summed E-state index contributed by atoms with van der Waals surface area (Å²) in [6, 6.07) is 0. The summed E-state index contributed by atoms with van der Waals surface area (Å²) in [4.78, 5) is 0. The molecule has 0 bridgehead atoms. The van der Waals surface area contributed by atoms with Gasteiger partial charge >= 0.3 is 51.4 Å². The zero-order valence-electron chi connectivity index (χ0n) is 5.21. The summed E-state index contributed by atoms with van der Waals surface area (Å²) >= 11 is 8.80. The molecule has 0 atom stereocenters. The Labute approximate surface area is 76.8 Å². The number of hydrogen-bond donors (Lipinski definition) is 0. The minimum absolute atomic E-state index is 0.833. The average molecular weight is 389 g/mol. The van der Waals surface area contributed by atoms with E-state index in [0.29, 0.717) is 0 Å². The van der Waals surface area contributed by atoms with Crippen LogP contribution in [0, 0.1) is 5.92 Å². The van der Waals surface area contributed by atoms with Gasteiger partial charge in [0.05, 0.1) is 0 Å². The van der Waals surface area contributed by atoms with Crippen LogP contribution < -0.4 is 0 Å². The monoisotopic (exact) mass is 385 g/mol.